The van der Waals surface area contributed by atoms with Crippen LogP contribution in [0.3, 0.4) is 0 Å². The molecule has 0 aliphatic heterocycles. The van der Waals surface area contributed by atoms with Crippen LogP contribution >= 0.6 is 0 Å². The van der Waals surface area contributed by atoms with E-state index in [1.54, 1.807) is 6.92 Å². The van der Waals surface area contributed by atoms with E-state index in [0.29, 0.717) is 0 Å². The van der Waals surface area contributed by atoms with Gasteiger partial charge in [0, 0.05) is 6.20 Å². The lowest BCUT2D eigenvalue weighted by Crippen LogP contribution is -2.37. The molecule has 144 valence electrons. The topological polar surface area (TPSA) is 34.9 Å². The van der Waals surface area contributed by atoms with E-state index < -0.39 is 5.54 Å². The maximum atomic E-state index is 12.0. The third-order valence-electron chi connectivity index (χ3n) is 5.62. The molecule has 1 heterocycles. The Morgan fingerprint density at radius 1 is 0.793 bits per heavy atom. The van der Waals surface area contributed by atoms with Crippen molar-refractivity contribution in [3.8, 4) is 0 Å². The van der Waals surface area contributed by atoms with Crippen molar-refractivity contribution in [2.75, 3.05) is 0 Å². The maximum absolute atomic E-state index is 12.0. The summed E-state index contributed by atoms with van der Waals surface area (Å²) in [6.07, 6.45) is 3.86. The Kier molecular flexibility index (Phi) is 5.13. The third kappa shape index (κ3) is 3.29. The highest BCUT2D eigenvalue weighted by atomic mass is 16.1. The molecule has 0 fully saturated rings. The first kappa shape index (κ1) is 18.9. The minimum atomic E-state index is -0.592. The van der Waals surface area contributed by atoms with Crippen LogP contribution in [0.25, 0.3) is 0 Å². The SMILES string of the molecule is CC(=O)C(C)c1cn(C(c2ccccc2)(c2ccccc2)c2ccccc2)cn1. The molecule has 0 saturated carbocycles. The van der Waals surface area contributed by atoms with Crippen LogP contribution in [0.1, 0.15) is 42.1 Å². The van der Waals surface area contributed by atoms with E-state index in [4.69, 9.17) is 0 Å². The first-order valence-electron chi connectivity index (χ1n) is 9.85. The van der Waals surface area contributed by atoms with Crippen molar-refractivity contribution in [1.29, 1.82) is 0 Å². The van der Waals surface area contributed by atoms with E-state index >= 15 is 0 Å². The summed E-state index contributed by atoms with van der Waals surface area (Å²) in [4.78, 5) is 16.6. The second-order valence-corrected chi connectivity index (χ2v) is 7.35. The first-order chi connectivity index (χ1) is 14.1. The van der Waals surface area contributed by atoms with Gasteiger partial charge in [0.1, 0.15) is 11.3 Å². The zero-order valence-electron chi connectivity index (χ0n) is 16.7. The fourth-order valence-corrected chi connectivity index (χ4v) is 3.94. The van der Waals surface area contributed by atoms with Crippen LogP contribution in [0.4, 0.5) is 0 Å². The van der Waals surface area contributed by atoms with Gasteiger partial charge in [-0.1, -0.05) is 91.0 Å². The fraction of sp³-hybridized carbons (Fsp3) is 0.154. The molecule has 0 saturated heterocycles. The zero-order valence-corrected chi connectivity index (χ0v) is 16.7. The second-order valence-electron chi connectivity index (χ2n) is 7.35. The minimum Gasteiger partial charge on any atom is -0.319 e. The highest BCUT2D eigenvalue weighted by Gasteiger charge is 2.38. The quantitative estimate of drug-likeness (QED) is 0.419. The molecule has 0 bridgehead atoms. The predicted molar refractivity (Wildman–Crippen MR) is 116 cm³/mol. The number of carbonyl (C=O) groups is 1. The van der Waals surface area contributed by atoms with Crippen molar-refractivity contribution in [3.63, 3.8) is 0 Å². The molecular formula is C26H24N2O. The summed E-state index contributed by atoms with van der Waals surface area (Å²) >= 11 is 0. The molecule has 1 aromatic heterocycles. The molecule has 3 heteroatoms. The molecule has 0 amide bonds. The molecule has 1 unspecified atom stereocenters. The largest absolute Gasteiger partial charge is 0.319 e. The van der Waals surface area contributed by atoms with E-state index in [1.807, 2.05) is 37.6 Å². The summed E-state index contributed by atoms with van der Waals surface area (Å²) in [7, 11) is 0. The van der Waals surface area contributed by atoms with Gasteiger partial charge in [-0.25, -0.2) is 4.98 Å². The van der Waals surface area contributed by atoms with Gasteiger partial charge >= 0.3 is 0 Å². The van der Waals surface area contributed by atoms with Gasteiger partial charge in [-0.15, -0.1) is 0 Å². The molecule has 4 rings (SSSR count). The van der Waals surface area contributed by atoms with E-state index in [9.17, 15) is 4.79 Å². The molecule has 4 aromatic rings. The van der Waals surface area contributed by atoms with Crippen molar-refractivity contribution in [2.45, 2.75) is 25.3 Å². The van der Waals surface area contributed by atoms with E-state index in [-0.39, 0.29) is 11.7 Å². The predicted octanol–water partition coefficient (Wildman–Crippen LogP) is 5.42. The number of nitrogens with zero attached hydrogens (tertiary/aromatic N) is 2. The van der Waals surface area contributed by atoms with Crippen molar-refractivity contribution in [2.24, 2.45) is 0 Å². The molecule has 0 radical (unpaired) electrons. The Bertz CT molecular complexity index is 989. The molecule has 0 aliphatic carbocycles. The standard InChI is InChI=1S/C26H24N2O/c1-20(21(2)29)25-18-28(19-27-25)26(22-12-6-3-7-13-22,23-14-8-4-9-15-23)24-16-10-5-11-17-24/h3-20H,1-2H3. The highest BCUT2D eigenvalue weighted by Crippen LogP contribution is 2.41. The molecule has 0 aliphatic rings. The van der Waals surface area contributed by atoms with Crippen LogP contribution in [-0.4, -0.2) is 15.3 Å². The van der Waals surface area contributed by atoms with Gasteiger partial charge in [-0.3, -0.25) is 4.79 Å². The van der Waals surface area contributed by atoms with Gasteiger partial charge in [0.25, 0.3) is 0 Å². The van der Waals surface area contributed by atoms with Crippen LogP contribution in [0.2, 0.25) is 0 Å². The summed E-state index contributed by atoms with van der Waals surface area (Å²) in [5, 5.41) is 0. The van der Waals surface area contributed by atoms with Crippen LogP contribution < -0.4 is 0 Å². The lowest BCUT2D eigenvalue weighted by molar-refractivity contribution is -0.118. The van der Waals surface area contributed by atoms with Gasteiger partial charge in [0.05, 0.1) is 17.9 Å². The number of rotatable bonds is 6. The Balaban J connectivity index is 2.05. The molecule has 29 heavy (non-hydrogen) atoms. The Morgan fingerprint density at radius 2 is 1.21 bits per heavy atom. The Labute approximate surface area is 171 Å². The van der Waals surface area contributed by atoms with Crippen molar-refractivity contribution in [1.82, 2.24) is 9.55 Å². The lowest BCUT2D eigenvalue weighted by Gasteiger charge is -2.37. The van der Waals surface area contributed by atoms with Gasteiger partial charge < -0.3 is 4.57 Å². The Hall–Kier alpha value is -3.46. The molecule has 0 spiro atoms. The summed E-state index contributed by atoms with van der Waals surface area (Å²) in [5.74, 6) is -0.128. The minimum absolute atomic E-state index is 0.111. The molecule has 0 N–H and O–H groups in total. The van der Waals surface area contributed by atoms with Crippen LogP contribution in [-0.2, 0) is 10.3 Å². The van der Waals surface area contributed by atoms with Gasteiger partial charge in [-0.2, -0.15) is 0 Å². The average molecular weight is 380 g/mol. The molecule has 3 aromatic carbocycles. The molecular weight excluding hydrogens is 356 g/mol. The number of hydrogen-bond donors (Lipinski definition) is 0. The Morgan fingerprint density at radius 3 is 1.59 bits per heavy atom. The number of aromatic nitrogens is 2. The van der Waals surface area contributed by atoms with Crippen LogP contribution in [0, 0.1) is 0 Å². The monoisotopic (exact) mass is 380 g/mol. The highest BCUT2D eigenvalue weighted by molar-refractivity contribution is 5.82. The smallest absolute Gasteiger partial charge is 0.138 e. The summed E-state index contributed by atoms with van der Waals surface area (Å²) in [6.45, 7) is 3.52. The fourth-order valence-electron chi connectivity index (χ4n) is 3.94. The third-order valence-corrected chi connectivity index (χ3v) is 5.62. The number of benzene rings is 3. The first-order valence-corrected chi connectivity index (χ1v) is 9.85. The molecule has 3 nitrogen and oxygen atoms in total. The lowest BCUT2D eigenvalue weighted by atomic mass is 9.76. The van der Waals surface area contributed by atoms with Gasteiger partial charge in [0.15, 0.2) is 0 Å². The van der Waals surface area contributed by atoms with E-state index in [2.05, 4.69) is 82.3 Å². The number of Topliss-reactive ketones (excluding diaryl/α,β-unsaturated/α-hetero) is 1. The van der Waals surface area contributed by atoms with Crippen molar-refractivity contribution >= 4 is 5.78 Å². The second kappa shape index (κ2) is 7.88. The summed E-state index contributed by atoms with van der Waals surface area (Å²) in [6, 6.07) is 31.3. The molecule has 1 atom stereocenters. The van der Waals surface area contributed by atoms with E-state index in [1.165, 1.54) is 0 Å². The average Bonchev–Trinajstić information content (AvgIpc) is 3.26. The summed E-state index contributed by atoms with van der Waals surface area (Å²) in [5.41, 5.74) is 3.60. The number of imidazole rings is 1. The van der Waals surface area contributed by atoms with Crippen molar-refractivity contribution < 1.29 is 4.79 Å². The zero-order chi connectivity index (χ0) is 20.3. The summed E-state index contributed by atoms with van der Waals surface area (Å²) < 4.78 is 2.14. The number of ketones is 1. The van der Waals surface area contributed by atoms with Crippen LogP contribution in [0.15, 0.2) is 104 Å². The van der Waals surface area contributed by atoms with Gasteiger partial charge in [-0.05, 0) is 30.5 Å². The van der Waals surface area contributed by atoms with E-state index in [0.717, 1.165) is 22.4 Å². The normalized spacial score (nSPS) is 12.5. The number of carbonyl (C=O) groups excluding carboxylic acids is 1. The number of hydrogen-bond acceptors (Lipinski definition) is 2. The maximum Gasteiger partial charge on any atom is 0.138 e. The van der Waals surface area contributed by atoms with Crippen LogP contribution in [0.5, 0.6) is 0 Å². The van der Waals surface area contributed by atoms with Crippen molar-refractivity contribution in [3.05, 3.63) is 126 Å². The van der Waals surface area contributed by atoms with Gasteiger partial charge in [0.2, 0.25) is 0 Å².